The molecule has 0 bridgehead atoms. The number of rotatable bonds is 2. The van der Waals surface area contributed by atoms with Crippen LogP contribution < -0.4 is 0 Å². The number of nitrogens with zero attached hydrogens (tertiary/aromatic N) is 1. The molecule has 0 aromatic rings. The van der Waals surface area contributed by atoms with Gasteiger partial charge in [0.2, 0.25) is 0 Å². The van der Waals surface area contributed by atoms with Crippen LogP contribution in [0.5, 0.6) is 0 Å². The third-order valence-corrected chi connectivity index (χ3v) is 0.660. The Bertz CT molecular complexity index is 331. The van der Waals surface area contributed by atoms with Crippen molar-refractivity contribution >= 4 is 11.6 Å². The minimum absolute atomic E-state index is 0.296. The average Bonchev–Trinajstić information content (AvgIpc) is 2.02. The van der Waals surface area contributed by atoms with Gasteiger partial charge in [-0.3, -0.25) is 0 Å². The summed E-state index contributed by atoms with van der Waals surface area (Å²) in [6.45, 7) is -0.296. The smallest absolute Gasteiger partial charge is 0.295 e. The van der Waals surface area contributed by atoms with Crippen molar-refractivity contribution in [1.29, 1.82) is 0 Å². The standard InChI is InChI=1S/C7H2ClNO3/c8-6-4-2-1-3-5-7-12-9(10)11/h7H2. The number of hydrogen-bond donors (Lipinski definition) is 0. The van der Waals surface area contributed by atoms with Crippen molar-refractivity contribution in [2.24, 2.45) is 0 Å². The Balaban J connectivity index is 3.68. The second-order valence-corrected chi connectivity index (χ2v) is 1.46. The highest BCUT2D eigenvalue weighted by atomic mass is 35.5. The molecule has 0 aromatic carbocycles. The fraction of sp³-hybridized carbons (Fsp3) is 0.143. The second-order valence-electron chi connectivity index (χ2n) is 1.27. The molecule has 0 unspecified atom stereocenters. The van der Waals surface area contributed by atoms with Crippen molar-refractivity contribution in [2.45, 2.75) is 0 Å². The average molecular weight is 184 g/mol. The zero-order valence-electron chi connectivity index (χ0n) is 5.76. The van der Waals surface area contributed by atoms with Gasteiger partial charge in [0, 0.05) is 17.2 Å². The molecule has 0 atom stereocenters. The van der Waals surface area contributed by atoms with Crippen LogP contribution in [0.1, 0.15) is 0 Å². The van der Waals surface area contributed by atoms with E-state index in [1.807, 2.05) is 5.38 Å². The van der Waals surface area contributed by atoms with Gasteiger partial charge in [0.15, 0.2) is 6.61 Å². The van der Waals surface area contributed by atoms with E-state index < -0.39 is 5.09 Å². The van der Waals surface area contributed by atoms with Crippen molar-refractivity contribution < 1.29 is 9.92 Å². The monoisotopic (exact) mass is 183 g/mol. The Hall–Kier alpha value is -1.83. The summed E-state index contributed by atoms with van der Waals surface area (Å²) >= 11 is 4.96. The lowest BCUT2D eigenvalue weighted by molar-refractivity contribution is -0.754. The van der Waals surface area contributed by atoms with Gasteiger partial charge in [0.25, 0.3) is 5.09 Å². The Labute approximate surface area is 74.0 Å². The van der Waals surface area contributed by atoms with E-state index in [4.69, 9.17) is 11.6 Å². The summed E-state index contributed by atoms with van der Waals surface area (Å²) < 4.78 is 0. The van der Waals surface area contributed by atoms with Gasteiger partial charge < -0.3 is 4.84 Å². The summed E-state index contributed by atoms with van der Waals surface area (Å²) in [6, 6.07) is 0. The van der Waals surface area contributed by atoms with Crippen LogP contribution in [0.3, 0.4) is 0 Å². The quantitative estimate of drug-likeness (QED) is 0.354. The van der Waals surface area contributed by atoms with E-state index in [-0.39, 0.29) is 6.61 Å². The van der Waals surface area contributed by atoms with Gasteiger partial charge in [-0.15, -0.1) is 10.1 Å². The SMILES string of the molecule is O=[N+]([O-])OCC#CC#CC#CCl. The highest BCUT2D eigenvalue weighted by Crippen LogP contribution is 1.70. The van der Waals surface area contributed by atoms with Crippen molar-refractivity contribution in [3.63, 3.8) is 0 Å². The number of hydrogen-bond acceptors (Lipinski definition) is 3. The van der Waals surface area contributed by atoms with E-state index in [1.165, 1.54) is 0 Å². The Morgan fingerprint density at radius 1 is 1.33 bits per heavy atom. The molecule has 0 radical (unpaired) electrons. The van der Waals surface area contributed by atoms with Gasteiger partial charge in [0.05, 0.1) is 0 Å². The van der Waals surface area contributed by atoms with Crippen molar-refractivity contribution in [3.8, 4) is 35.0 Å². The molecule has 4 nitrogen and oxygen atoms in total. The van der Waals surface area contributed by atoms with Crippen molar-refractivity contribution in [3.05, 3.63) is 10.1 Å². The maximum atomic E-state index is 9.57. The molecule has 12 heavy (non-hydrogen) atoms. The zero-order chi connectivity index (χ0) is 9.23. The molecule has 0 fully saturated rings. The Morgan fingerprint density at radius 3 is 2.58 bits per heavy atom. The third kappa shape index (κ3) is 8.17. The molecule has 0 N–H and O–H groups in total. The van der Waals surface area contributed by atoms with E-state index in [0.717, 1.165) is 0 Å². The van der Waals surface area contributed by atoms with Crippen molar-refractivity contribution in [1.82, 2.24) is 0 Å². The highest BCUT2D eigenvalue weighted by molar-refractivity contribution is 6.30. The van der Waals surface area contributed by atoms with E-state index in [2.05, 4.69) is 34.4 Å². The molecule has 0 aliphatic heterocycles. The van der Waals surface area contributed by atoms with Crippen LogP contribution in [0.2, 0.25) is 0 Å². The third-order valence-electron chi connectivity index (χ3n) is 0.565. The molecule has 60 valence electrons. The largest absolute Gasteiger partial charge is 0.301 e. The Morgan fingerprint density at radius 2 is 2.00 bits per heavy atom. The molecule has 0 amide bonds. The minimum Gasteiger partial charge on any atom is -0.301 e. The summed E-state index contributed by atoms with van der Waals surface area (Å²) in [5.41, 5.74) is 0. The summed E-state index contributed by atoms with van der Waals surface area (Å²) in [6.07, 6.45) is 0. The van der Waals surface area contributed by atoms with Gasteiger partial charge in [-0.05, 0) is 23.4 Å². The van der Waals surface area contributed by atoms with Gasteiger partial charge in [-0.1, -0.05) is 5.92 Å². The first-order valence-electron chi connectivity index (χ1n) is 2.63. The van der Waals surface area contributed by atoms with Crippen LogP contribution in [0, 0.1) is 45.1 Å². The topological polar surface area (TPSA) is 52.4 Å². The minimum atomic E-state index is -0.930. The lowest BCUT2D eigenvalue weighted by atomic mass is 10.5. The molecule has 0 aromatic heterocycles. The Kier molecular flexibility index (Phi) is 6.17. The predicted octanol–water partition coefficient (Wildman–Crippen LogP) is 0.401. The molecule has 5 heteroatoms. The number of halogens is 1. The van der Waals surface area contributed by atoms with Crippen LogP contribution in [-0.2, 0) is 4.84 Å². The fourth-order valence-corrected chi connectivity index (χ4v) is 0.299. The van der Waals surface area contributed by atoms with Crippen LogP contribution in [-0.4, -0.2) is 11.7 Å². The van der Waals surface area contributed by atoms with E-state index in [1.54, 1.807) is 0 Å². The van der Waals surface area contributed by atoms with Crippen molar-refractivity contribution in [2.75, 3.05) is 6.61 Å². The van der Waals surface area contributed by atoms with Gasteiger partial charge in [-0.25, -0.2) is 0 Å². The second kappa shape index (κ2) is 7.28. The lowest BCUT2D eigenvalue weighted by Crippen LogP contribution is -1.99. The van der Waals surface area contributed by atoms with Gasteiger partial charge in [0.1, 0.15) is 0 Å². The lowest BCUT2D eigenvalue weighted by Gasteiger charge is -1.84. The summed E-state index contributed by atoms with van der Waals surface area (Å²) in [7, 11) is 0. The van der Waals surface area contributed by atoms with Crippen LogP contribution in [0.25, 0.3) is 0 Å². The van der Waals surface area contributed by atoms with Gasteiger partial charge in [-0.2, -0.15) is 0 Å². The van der Waals surface area contributed by atoms with Gasteiger partial charge >= 0.3 is 0 Å². The first kappa shape index (κ1) is 10.2. The van der Waals surface area contributed by atoms with E-state index in [0.29, 0.717) is 0 Å². The predicted molar refractivity (Wildman–Crippen MR) is 42.1 cm³/mol. The summed E-state index contributed by atoms with van der Waals surface area (Å²) in [4.78, 5) is 13.4. The first-order chi connectivity index (χ1) is 5.77. The maximum Gasteiger partial charge on any atom is 0.295 e. The first-order valence-corrected chi connectivity index (χ1v) is 3.01. The zero-order valence-corrected chi connectivity index (χ0v) is 6.51. The molecule has 0 spiro atoms. The summed E-state index contributed by atoms with van der Waals surface area (Å²) in [5, 5.41) is 10.7. The molecule has 0 saturated heterocycles. The molecule has 0 aliphatic carbocycles. The van der Waals surface area contributed by atoms with E-state index in [9.17, 15) is 10.1 Å². The molecular formula is C7H2ClNO3. The molecule has 0 aliphatic rings. The molecule has 0 heterocycles. The van der Waals surface area contributed by atoms with Crippen LogP contribution in [0.4, 0.5) is 0 Å². The molecular weight excluding hydrogens is 182 g/mol. The molecule has 0 rings (SSSR count). The van der Waals surface area contributed by atoms with Crippen LogP contribution >= 0.6 is 11.6 Å². The van der Waals surface area contributed by atoms with Crippen LogP contribution in [0.15, 0.2) is 0 Å². The summed E-state index contributed by atoms with van der Waals surface area (Å²) in [5.74, 6) is 11.3. The molecule has 0 saturated carbocycles. The highest BCUT2D eigenvalue weighted by Gasteiger charge is 1.86. The fourth-order valence-electron chi connectivity index (χ4n) is 0.251. The van der Waals surface area contributed by atoms with E-state index >= 15 is 0 Å². The maximum absolute atomic E-state index is 9.57. The normalized spacial score (nSPS) is 5.75.